The highest BCUT2D eigenvalue weighted by atomic mass is 16.5. The largest absolute Gasteiger partial charge is 0.465 e. The number of fused-ring (bicyclic) bond motifs is 1. The van der Waals surface area contributed by atoms with E-state index in [4.69, 9.17) is 4.74 Å². The van der Waals surface area contributed by atoms with Crippen molar-refractivity contribution in [2.75, 3.05) is 70.1 Å². The van der Waals surface area contributed by atoms with E-state index in [1.165, 1.54) is 7.11 Å². The smallest absolute Gasteiger partial charge is 0.337 e. The molecule has 1 aliphatic rings. The summed E-state index contributed by atoms with van der Waals surface area (Å²) in [7, 11) is 1.33. The number of amides is 2. The third kappa shape index (κ3) is 9.08. The molecule has 0 fully saturated rings. The van der Waals surface area contributed by atoms with Gasteiger partial charge in [0.05, 0.1) is 29.6 Å². The van der Waals surface area contributed by atoms with E-state index in [9.17, 15) is 14.4 Å². The van der Waals surface area contributed by atoms with Gasteiger partial charge in [-0.2, -0.15) is 0 Å². The molecule has 0 spiro atoms. The normalized spacial score (nSPS) is 13.4. The van der Waals surface area contributed by atoms with Crippen LogP contribution in [-0.4, -0.2) is 92.0 Å². The summed E-state index contributed by atoms with van der Waals surface area (Å²) < 4.78 is 4.86. The monoisotopic (exact) mass is 639 g/mol. The Hall–Kier alpha value is -4.47. The number of anilines is 2. The van der Waals surface area contributed by atoms with Crippen LogP contribution in [0.1, 0.15) is 72.4 Å². The van der Waals surface area contributed by atoms with E-state index in [0.29, 0.717) is 46.7 Å². The number of ether oxygens (including phenoxy) is 1. The Morgan fingerprint density at radius 1 is 0.723 bits per heavy atom. The molecule has 0 bridgehead atoms. The van der Waals surface area contributed by atoms with E-state index < -0.39 is 5.97 Å². The maximum Gasteiger partial charge on any atom is 0.337 e. The minimum atomic E-state index is -0.470. The zero-order valence-corrected chi connectivity index (χ0v) is 28.5. The highest BCUT2D eigenvalue weighted by molar-refractivity contribution is 6.37. The van der Waals surface area contributed by atoms with Crippen molar-refractivity contribution >= 4 is 40.4 Å². The number of nitrogens with one attached hydrogen (secondary N) is 2. The van der Waals surface area contributed by atoms with Crippen molar-refractivity contribution in [1.29, 1.82) is 0 Å². The van der Waals surface area contributed by atoms with Crippen LogP contribution >= 0.6 is 0 Å². The lowest BCUT2D eigenvalue weighted by molar-refractivity contribution is -0.110. The summed E-state index contributed by atoms with van der Waals surface area (Å²) in [5.41, 5.74) is 4.89. The Labute approximate surface area is 279 Å². The Bertz CT molecular complexity index is 1510. The Balaban J connectivity index is 1.58. The van der Waals surface area contributed by atoms with Gasteiger partial charge in [0.2, 0.25) is 0 Å². The predicted molar refractivity (Wildman–Crippen MR) is 190 cm³/mol. The Morgan fingerprint density at radius 3 is 1.85 bits per heavy atom. The minimum absolute atomic E-state index is 0.0304. The highest BCUT2D eigenvalue weighted by Gasteiger charge is 2.29. The molecule has 0 aliphatic carbocycles. The summed E-state index contributed by atoms with van der Waals surface area (Å²) in [6.45, 7) is 16.1. The topological polar surface area (TPSA) is 94.2 Å². The van der Waals surface area contributed by atoms with Crippen LogP contribution in [0.3, 0.4) is 0 Å². The highest BCUT2D eigenvalue weighted by Crippen LogP contribution is 2.38. The molecule has 4 rings (SSSR count). The van der Waals surface area contributed by atoms with Crippen molar-refractivity contribution in [2.45, 2.75) is 40.5 Å². The van der Waals surface area contributed by atoms with E-state index >= 15 is 0 Å². The van der Waals surface area contributed by atoms with Crippen LogP contribution < -0.4 is 10.6 Å². The van der Waals surface area contributed by atoms with Gasteiger partial charge in [-0.25, -0.2) is 4.79 Å². The lowest BCUT2D eigenvalue weighted by atomic mass is 9.99. The fraction of sp³-hybridized carbons (Fsp3) is 0.395. The molecule has 2 N–H and O–H groups in total. The summed E-state index contributed by atoms with van der Waals surface area (Å²) >= 11 is 0. The zero-order chi connectivity index (χ0) is 33.8. The van der Waals surface area contributed by atoms with E-state index in [1.54, 1.807) is 18.2 Å². The minimum Gasteiger partial charge on any atom is -0.465 e. The molecule has 0 atom stereocenters. The van der Waals surface area contributed by atoms with Gasteiger partial charge in [0, 0.05) is 29.9 Å². The quantitative estimate of drug-likeness (QED) is 0.132. The molecule has 47 heavy (non-hydrogen) atoms. The standard InChI is InChI=1S/C38H49N5O4/c1-6-41(7-2)23-13-25-43(26-14-24-42(8-3)9-4)37(45)29-17-20-31(21-18-29)39-35(28-15-11-10-12-16-28)34-32-22-19-30(38(46)47-5)27-33(32)40-36(34)44/h10-12,15-22,27,39H,6-9,13-14,23-26H2,1-5H3,(H,40,44)/b35-34-. The summed E-state index contributed by atoms with van der Waals surface area (Å²) in [4.78, 5) is 46.0. The third-order valence-electron chi connectivity index (χ3n) is 8.78. The van der Waals surface area contributed by atoms with Crippen LogP contribution in [0.2, 0.25) is 0 Å². The van der Waals surface area contributed by atoms with Gasteiger partial charge in [0.25, 0.3) is 11.8 Å². The van der Waals surface area contributed by atoms with E-state index in [0.717, 1.165) is 63.4 Å². The van der Waals surface area contributed by atoms with Gasteiger partial charge >= 0.3 is 5.97 Å². The molecule has 250 valence electrons. The van der Waals surface area contributed by atoms with Crippen LogP contribution in [-0.2, 0) is 9.53 Å². The number of benzene rings is 3. The van der Waals surface area contributed by atoms with Crippen LogP contribution in [0.25, 0.3) is 11.3 Å². The summed E-state index contributed by atoms with van der Waals surface area (Å²) in [6.07, 6.45) is 1.86. The molecule has 0 saturated carbocycles. The maximum atomic E-state index is 13.8. The zero-order valence-electron chi connectivity index (χ0n) is 28.5. The summed E-state index contributed by atoms with van der Waals surface area (Å²) in [5.74, 6) is -0.713. The number of methoxy groups -OCH3 is 1. The average Bonchev–Trinajstić information content (AvgIpc) is 3.44. The molecule has 0 radical (unpaired) electrons. The lowest BCUT2D eigenvalue weighted by Gasteiger charge is -2.26. The van der Waals surface area contributed by atoms with Crippen LogP contribution in [0.15, 0.2) is 72.8 Å². The molecule has 9 nitrogen and oxygen atoms in total. The second-order valence-electron chi connectivity index (χ2n) is 11.6. The van der Waals surface area contributed by atoms with Crippen molar-refractivity contribution in [2.24, 2.45) is 0 Å². The molecule has 3 aromatic rings. The van der Waals surface area contributed by atoms with Gasteiger partial charge < -0.3 is 30.1 Å². The molecule has 0 unspecified atom stereocenters. The van der Waals surface area contributed by atoms with Crippen LogP contribution in [0, 0.1) is 0 Å². The second-order valence-corrected chi connectivity index (χ2v) is 11.6. The van der Waals surface area contributed by atoms with Crippen LogP contribution in [0.4, 0.5) is 11.4 Å². The molecule has 0 aromatic heterocycles. The first-order valence-corrected chi connectivity index (χ1v) is 16.8. The van der Waals surface area contributed by atoms with Gasteiger partial charge in [0.1, 0.15) is 0 Å². The number of carbonyl (C=O) groups excluding carboxylic acids is 3. The van der Waals surface area contributed by atoms with Crippen molar-refractivity contribution in [3.05, 3.63) is 95.1 Å². The number of hydrogen-bond acceptors (Lipinski definition) is 7. The molecule has 1 aliphatic heterocycles. The number of nitrogens with zero attached hydrogens (tertiary/aromatic N) is 3. The molecule has 2 amide bonds. The molecule has 1 heterocycles. The molecular weight excluding hydrogens is 590 g/mol. The van der Waals surface area contributed by atoms with E-state index in [1.807, 2.05) is 59.5 Å². The molecule has 9 heteroatoms. The van der Waals surface area contributed by atoms with Crippen LogP contribution in [0.5, 0.6) is 0 Å². The first-order chi connectivity index (χ1) is 22.8. The fourth-order valence-corrected chi connectivity index (χ4v) is 5.94. The van der Waals surface area contributed by atoms with Crippen molar-refractivity contribution in [1.82, 2.24) is 14.7 Å². The van der Waals surface area contributed by atoms with E-state index in [2.05, 4.69) is 48.1 Å². The van der Waals surface area contributed by atoms with Gasteiger partial charge in [-0.05, 0) is 94.1 Å². The Morgan fingerprint density at radius 2 is 1.30 bits per heavy atom. The van der Waals surface area contributed by atoms with Crippen molar-refractivity contribution in [3.63, 3.8) is 0 Å². The van der Waals surface area contributed by atoms with Crippen molar-refractivity contribution < 1.29 is 19.1 Å². The first kappa shape index (κ1) is 35.4. The molecule has 0 saturated heterocycles. The first-order valence-electron chi connectivity index (χ1n) is 16.8. The SMILES string of the molecule is CCN(CC)CCCN(CCCN(CC)CC)C(=O)c1ccc(N/C(=C2\C(=O)Nc3cc(C(=O)OC)ccc32)c2ccccc2)cc1. The van der Waals surface area contributed by atoms with Gasteiger partial charge in [-0.3, -0.25) is 9.59 Å². The molecular formula is C38H49N5O4. The number of hydrogen-bond donors (Lipinski definition) is 2. The lowest BCUT2D eigenvalue weighted by Crippen LogP contribution is -2.36. The summed E-state index contributed by atoms with van der Waals surface area (Å²) in [5, 5.41) is 6.36. The average molecular weight is 640 g/mol. The van der Waals surface area contributed by atoms with Gasteiger partial charge in [0.15, 0.2) is 0 Å². The number of rotatable bonds is 17. The fourth-order valence-electron chi connectivity index (χ4n) is 5.94. The van der Waals surface area contributed by atoms with Crippen molar-refractivity contribution in [3.8, 4) is 0 Å². The van der Waals surface area contributed by atoms with E-state index in [-0.39, 0.29) is 11.8 Å². The second kappa shape index (κ2) is 17.4. The predicted octanol–water partition coefficient (Wildman–Crippen LogP) is 6.31. The molecule has 3 aromatic carbocycles. The summed E-state index contributed by atoms with van der Waals surface area (Å²) in [6, 6.07) is 22.2. The van der Waals surface area contributed by atoms with Gasteiger partial charge in [-0.1, -0.05) is 64.1 Å². The van der Waals surface area contributed by atoms with Gasteiger partial charge in [-0.15, -0.1) is 0 Å². The Kier molecular flexibility index (Phi) is 13.1. The third-order valence-corrected chi connectivity index (χ3v) is 8.78. The number of esters is 1. The maximum absolute atomic E-state index is 13.8. The number of carbonyl (C=O) groups is 3.